The number of aromatic nitrogens is 2. The Kier molecular flexibility index (Phi) is 5.26. The second-order valence-electron chi connectivity index (χ2n) is 7.92. The maximum atomic E-state index is 13.3. The van der Waals surface area contributed by atoms with E-state index in [-0.39, 0.29) is 11.8 Å². The lowest BCUT2D eigenvalue weighted by molar-refractivity contribution is -0.116. The van der Waals surface area contributed by atoms with Crippen molar-refractivity contribution in [2.75, 3.05) is 5.32 Å². The Morgan fingerprint density at radius 3 is 2.09 bits per heavy atom. The second kappa shape index (κ2) is 8.52. The first-order valence-electron chi connectivity index (χ1n) is 10.6. The molecule has 32 heavy (non-hydrogen) atoms. The van der Waals surface area contributed by atoms with Crippen molar-refractivity contribution in [1.82, 2.24) is 9.38 Å². The number of amides is 1. The van der Waals surface area contributed by atoms with E-state index in [1.54, 1.807) is 0 Å². The number of nitrogens with zero attached hydrogens (tertiary/aromatic N) is 2. The molecule has 0 radical (unpaired) electrons. The molecule has 2 heterocycles. The zero-order chi connectivity index (χ0) is 21.9. The van der Waals surface area contributed by atoms with Crippen molar-refractivity contribution in [3.63, 3.8) is 0 Å². The van der Waals surface area contributed by atoms with Crippen LogP contribution in [0.5, 0.6) is 0 Å². The molecule has 4 nitrogen and oxygen atoms in total. The number of fused-ring (bicyclic) bond motifs is 1. The number of anilines is 1. The number of benzene rings is 3. The molecule has 2 aromatic heterocycles. The summed E-state index contributed by atoms with van der Waals surface area (Å²) in [7, 11) is 0. The summed E-state index contributed by atoms with van der Waals surface area (Å²) < 4.78 is 2.02. The first kappa shape index (κ1) is 19.8. The number of aryl methyl sites for hydroxylation is 1. The smallest absolute Gasteiger partial charge is 0.236 e. The van der Waals surface area contributed by atoms with Gasteiger partial charge in [0, 0.05) is 23.6 Å². The highest BCUT2D eigenvalue weighted by Gasteiger charge is 2.22. The van der Waals surface area contributed by atoms with Gasteiger partial charge in [-0.05, 0) is 47.9 Å². The van der Waals surface area contributed by atoms with Gasteiger partial charge in [0.15, 0.2) is 0 Å². The van der Waals surface area contributed by atoms with Gasteiger partial charge in [-0.15, -0.1) is 0 Å². The fraction of sp³-hybridized carbons (Fsp3) is 0.0714. The van der Waals surface area contributed by atoms with E-state index in [4.69, 9.17) is 4.98 Å². The van der Waals surface area contributed by atoms with Gasteiger partial charge in [-0.25, -0.2) is 4.98 Å². The van der Waals surface area contributed by atoms with Crippen molar-refractivity contribution in [2.45, 2.75) is 12.8 Å². The molecule has 5 rings (SSSR count). The zero-order valence-electron chi connectivity index (χ0n) is 17.8. The van der Waals surface area contributed by atoms with Crippen molar-refractivity contribution >= 4 is 17.2 Å². The molecule has 0 spiro atoms. The van der Waals surface area contributed by atoms with E-state index in [0.717, 1.165) is 33.7 Å². The molecule has 0 saturated carbocycles. The molecule has 0 saturated heterocycles. The van der Waals surface area contributed by atoms with Crippen LogP contribution in [-0.4, -0.2) is 15.3 Å². The molecule has 1 amide bonds. The van der Waals surface area contributed by atoms with E-state index in [0.29, 0.717) is 0 Å². The fourth-order valence-corrected chi connectivity index (χ4v) is 3.95. The Hall–Kier alpha value is -4.18. The molecule has 1 N–H and O–H groups in total. The zero-order valence-corrected chi connectivity index (χ0v) is 17.8. The first-order valence-corrected chi connectivity index (χ1v) is 10.6. The van der Waals surface area contributed by atoms with Gasteiger partial charge < -0.3 is 9.72 Å². The average molecular weight is 418 g/mol. The second-order valence-corrected chi connectivity index (χ2v) is 7.92. The maximum absolute atomic E-state index is 13.3. The lowest BCUT2D eigenvalue weighted by Crippen LogP contribution is -2.22. The molecule has 0 bridgehead atoms. The largest absolute Gasteiger partial charge is 0.325 e. The highest BCUT2D eigenvalue weighted by atomic mass is 16.1. The third kappa shape index (κ3) is 4.03. The minimum absolute atomic E-state index is 0.0571. The predicted molar refractivity (Wildman–Crippen MR) is 129 cm³/mol. The maximum Gasteiger partial charge on any atom is 0.236 e. The summed E-state index contributed by atoms with van der Waals surface area (Å²) in [5, 5.41) is 3.09. The van der Waals surface area contributed by atoms with Crippen LogP contribution in [0.15, 0.2) is 109 Å². The first-order chi connectivity index (χ1) is 15.7. The summed E-state index contributed by atoms with van der Waals surface area (Å²) >= 11 is 0. The third-order valence-corrected chi connectivity index (χ3v) is 5.59. The van der Waals surface area contributed by atoms with Crippen molar-refractivity contribution in [1.29, 1.82) is 0 Å². The molecule has 4 heteroatoms. The van der Waals surface area contributed by atoms with E-state index < -0.39 is 0 Å². The number of pyridine rings is 1. The lowest BCUT2D eigenvalue weighted by Gasteiger charge is -2.18. The molecule has 0 aliphatic rings. The van der Waals surface area contributed by atoms with Gasteiger partial charge in [0.05, 0.1) is 11.6 Å². The number of carbonyl (C=O) groups excluding carboxylic acids is 1. The third-order valence-electron chi connectivity index (χ3n) is 5.59. The van der Waals surface area contributed by atoms with Crippen LogP contribution >= 0.6 is 0 Å². The van der Waals surface area contributed by atoms with Crippen molar-refractivity contribution in [2.24, 2.45) is 0 Å². The number of nitrogens with one attached hydrogen (secondary N) is 1. The summed E-state index contributed by atoms with van der Waals surface area (Å²) in [4.78, 5) is 18.0. The van der Waals surface area contributed by atoms with Gasteiger partial charge in [0.2, 0.25) is 5.91 Å². The van der Waals surface area contributed by atoms with E-state index in [9.17, 15) is 4.79 Å². The molecule has 0 aliphatic heterocycles. The SMILES string of the molecule is Cc1ccn2cc(-c3ccc(NC(=O)C(c4ccccc4)c4ccccc4)cc3)nc2c1. The molecule has 0 unspecified atom stereocenters. The van der Waals surface area contributed by atoms with Crippen LogP contribution in [0.1, 0.15) is 22.6 Å². The summed E-state index contributed by atoms with van der Waals surface area (Å²) in [6.07, 6.45) is 4.03. The Morgan fingerprint density at radius 1 is 0.844 bits per heavy atom. The van der Waals surface area contributed by atoms with Crippen molar-refractivity contribution in [3.8, 4) is 11.3 Å². The monoisotopic (exact) mass is 417 g/mol. The predicted octanol–water partition coefficient (Wildman–Crippen LogP) is 6.08. The van der Waals surface area contributed by atoms with E-state index in [1.807, 2.05) is 102 Å². The van der Waals surface area contributed by atoms with Gasteiger partial charge in [-0.1, -0.05) is 72.8 Å². The van der Waals surface area contributed by atoms with E-state index >= 15 is 0 Å². The number of hydrogen-bond acceptors (Lipinski definition) is 2. The molecule has 5 aromatic rings. The molecule has 0 fully saturated rings. The Bertz CT molecular complexity index is 1320. The van der Waals surface area contributed by atoms with Gasteiger partial charge in [0.1, 0.15) is 5.65 Å². The number of rotatable bonds is 5. The number of carbonyl (C=O) groups is 1. The Labute approximate surface area is 187 Å². The summed E-state index contributed by atoms with van der Waals surface area (Å²) in [6, 6.07) is 31.7. The molecule has 0 aliphatic carbocycles. The Morgan fingerprint density at radius 2 is 1.47 bits per heavy atom. The lowest BCUT2D eigenvalue weighted by atomic mass is 9.90. The van der Waals surface area contributed by atoms with Gasteiger partial charge in [0.25, 0.3) is 0 Å². The van der Waals surface area contributed by atoms with Crippen molar-refractivity contribution < 1.29 is 4.79 Å². The van der Waals surface area contributed by atoms with Crippen LogP contribution in [0, 0.1) is 6.92 Å². The molecule has 3 aromatic carbocycles. The van der Waals surface area contributed by atoms with Crippen LogP contribution in [-0.2, 0) is 4.79 Å². The fourth-order valence-electron chi connectivity index (χ4n) is 3.95. The Balaban J connectivity index is 1.39. The molecular weight excluding hydrogens is 394 g/mol. The summed E-state index contributed by atoms with van der Waals surface area (Å²) in [6.45, 7) is 2.06. The number of hydrogen-bond donors (Lipinski definition) is 1. The van der Waals surface area contributed by atoms with Crippen LogP contribution in [0.4, 0.5) is 5.69 Å². The average Bonchev–Trinajstić information content (AvgIpc) is 3.24. The molecular formula is C28H23N3O. The quantitative estimate of drug-likeness (QED) is 0.377. The molecule has 156 valence electrons. The standard InChI is InChI=1S/C28H23N3O/c1-20-16-17-31-19-25(30-26(31)18-20)21-12-14-24(15-13-21)29-28(32)27(22-8-4-2-5-9-22)23-10-6-3-7-11-23/h2-19,27H,1H3,(H,29,32). The minimum atomic E-state index is -0.376. The summed E-state index contributed by atoms with van der Waals surface area (Å²) in [5.74, 6) is -0.433. The van der Waals surface area contributed by atoms with Crippen LogP contribution in [0.3, 0.4) is 0 Å². The summed E-state index contributed by atoms with van der Waals surface area (Å²) in [5.41, 5.74) is 6.70. The highest BCUT2D eigenvalue weighted by Crippen LogP contribution is 2.27. The van der Waals surface area contributed by atoms with E-state index in [2.05, 4.69) is 24.4 Å². The van der Waals surface area contributed by atoms with Gasteiger partial charge >= 0.3 is 0 Å². The van der Waals surface area contributed by atoms with Crippen molar-refractivity contribution in [3.05, 3.63) is 126 Å². The highest BCUT2D eigenvalue weighted by molar-refractivity contribution is 5.98. The van der Waals surface area contributed by atoms with Crippen LogP contribution in [0.25, 0.3) is 16.9 Å². The van der Waals surface area contributed by atoms with Gasteiger partial charge in [-0.3, -0.25) is 4.79 Å². The van der Waals surface area contributed by atoms with E-state index in [1.165, 1.54) is 5.56 Å². The minimum Gasteiger partial charge on any atom is -0.325 e. The van der Waals surface area contributed by atoms with Crippen LogP contribution in [0.2, 0.25) is 0 Å². The van der Waals surface area contributed by atoms with Gasteiger partial charge in [-0.2, -0.15) is 0 Å². The number of imidazole rings is 1. The normalized spacial score (nSPS) is 11.1. The topological polar surface area (TPSA) is 46.4 Å². The van der Waals surface area contributed by atoms with Crippen LogP contribution < -0.4 is 5.32 Å². The molecule has 0 atom stereocenters.